The highest BCUT2D eigenvalue weighted by Crippen LogP contribution is 2.30. The number of amides is 1. The molecule has 0 saturated heterocycles. The van der Waals surface area contributed by atoms with Gasteiger partial charge in [-0.3, -0.25) is 4.79 Å². The minimum Gasteiger partial charge on any atom is -0.496 e. The highest BCUT2D eigenvalue weighted by atomic mass is 16.5. The number of rotatable bonds is 9. The van der Waals surface area contributed by atoms with Gasteiger partial charge in [0.15, 0.2) is 0 Å². The summed E-state index contributed by atoms with van der Waals surface area (Å²) in [7, 11) is 1.64. The monoisotopic (exact) mass is 456 g/mol. The average molecular weight is 457 g/mol. The van der Waals surface area contributed by atoms with Crippen LogP contribution in [0.3, 0.4) is 0 Å². The Morgan fingerprint density at radius 1 is 0.971 bits per heavy atom. The summed E-state index contributed by atoms with van der Waals surface area (Å²) in [4.78, 5) is 13.0. The first kappa shape index (κ1) is 23.1. The quantitative estimate of drug-likeness (QED) is 0.369. The molecule has 0 aliphatic rings. The van der Waals surface area contributed by atoms with Crippen molar-refractivity contribution in [2.45, 2.75) is 32.9 Å². The Morgan fingerprint density at radius 3 is 2.35 bits per heavy atom. The van der Waals surface area contributed by atoms with Gasteiger partial charge in [0.2, 0.25) is 5.91 Å². The number of nitrogens with zero attached hydrogens (tertiary/aromatic N) is 1. The van der Waals surface area contributed by atoms with E-state index in [1.54, 1.807) is 7.11 Å². The summed E-state index contributed by atoms with van der Waals surface area (Å²) in [5.41, 5.74) is 4.57. The van der Waals surface area contributed by atoms with Gasteiger partial charge in [-0.05, 0) is 43.2 Å². The summed E-state index contributed by atoms with van der Waals surface area (Å²) >= 11 is 0. The molecule has 0 saturated carbocycles. The van der Waals surface area contributed by atoms with E-state index in [4.69, 9.17) is 14.0 Å². The molecular weight excluding hydrogens is 428 g/mol. The van der Waals surface area contributed by atoms with Crippen LogP contribution in [0.2, 0.25) is 0 Å². The molecule has 1 amide bonds. The Hall–Kier alpha value is -4.06. The number of hydrogen-bond donors (Lipinski definition) is 1. The van der Waals surface area contributed by atoms with Crippen molar-refractivity contribution in [3.63, 3.8) is 0 Å². The first-order valence-electron chi connectivity index (χ1n) is 11.2. The Labute approximate surface area is 199 Å². The SMILES string of the molecule is COc1ccccc1C(NC(=O)Cc1ccc(OCc2c(C)noc2C)cc1)c1ccccc1. The van der Waals surface area contributed by atoms with Crippen LogP contribution in [0.4, 0.5) is 0 Å². The van der Waals surface area contributed by atoms with Crippen LogP contribution in [0.15, 0.2) is 83.4 Å². The average Bonchev–Trinajstić information content (AvgIpc) is 3.19. The van der Waals surface area contributed by atoms with E-state index in [2.05, 4.69) is 10.5 Å². The first-order chi connectivity index (χ1) is 16.5. The van der Waals surface area contributed by atoms with Crippen molar-refractivity contribution in [1.82, 2.24) is 10.5 Å². The van der Waals surface area contributed by atoms with Crippen molar-refractivity contribution in [1.29, 1.82) is 0 Å². The Balaban J connectivity index is 1.43. The van der Waals surface area contributed by atoms with Crippen molar-refractivity contribution in [2.75, 3.05) is 7.11 Å². The van der Waals surface area contributed by atoms with Crippen LogP contribution in [0.5, 0.6) is 11.5 Å². The van der Waals surface area contributed by atoms with Gasteiger partial charge in [0.05, 0.1) is 30.8 Å². The van der Waals surface area contributed by atoms with E-state index in [0.29, 0.717) is 6.61 Å². The van der Waals surface area contributed by atoms with Gasteiger partial charge < -0.3 is 19.3 Å². The first-order valence-corrected chi connectivity index (χ1v) is 11.2. The van der Waals surface area contributed by atoms with E-state index < -0.39 is 0 Å². The number of carbonyl (C=O) groups is 1. The molecule has 0 aliphatic heterocycles. The zero-order chi connectivity index (χ0) is 23.9. The van der Waals surface area contributed by atoms with E-state index in [0.717, 1.165) is 45.2 Å². The topological polar surface area (TPSA) is 73.6 Å². The van der Waals surface area contributed by atoms with E-state index in [1.807, 2.05) is 92.7 Å². The molecule has 0 aliphatic carbocycles. The van der Waals surface area contributed by atoms with E-state index >= 15 is 0 Å². The fraction of sp³-hybridized carbons (Fsp3) is 0.214. The normalized spacial score (nSPS) is 11.6. The lowest BCUT2D eigenvalue weighted by molar-refractivity contribution is -0.120. The van der Waals surface area contributed by atoms with Gasteiger partial charge >= 0.3 is 0 Å². The van der Waals surface area contributed by atoms with Crippen LogP contribution >= 0.6 is 0 Å². The van der Waals surface area contributed by atoms with Gasteiger partial charge in [-0.1, -0.05) is 65.8 Å². The van der Waals surface area contributed by atoms with Crippen LogP contribution < -0.4 is 14.8 Å². The lowest BCUT2D eigenvalue weighted by atomic mass is 9.97. The molecule has 1 heterocycles. The van der Waals surface area contributed by atoms with Crippen LogP contribution in [0.1, 0.15) is 39.7 Å². The van der Waals surface area contributed by atoms with Gasteiger partial charge in [0.1, 0.15) is 23.9 Å². The third-order valence-electron chi connectivity index (χ3n) is 5.74. The van der Waals surface area contributed by atoms with Crippen molar-refractivity contribution in [3.8, 4) is 11.5 Å². The molecule has 6 heteroatoms. The molecule has 0 radical (unpaired) electrons. The van der Waals surface area contributed by atoms with Gasteiger partial charge in [-0.15, -0.1) is 0 Å². The second kappa shape index (κ2) is 10.7. The summed E-state index contributed by atoms with van der Waals surface area (Å²) in [5.74, 6) is 2.13. The van der Waals surface area contributed by atoms with Crippen LogP contribution in [-0.4, -0.2) is 18.2 Å². The van der Waals surface area contributed by atoms with Gasteiger partial charge in [0.25, 0.3) is 0 Å². The number of aryl methyl sites for hydroxylation is 2. The molecule has 3 aromatic carbocycles. The number of para-hydroxylation sites is 1. The van der Waals surface area contributed by atoms with Crippen molar-refractivity contribution in [3.05, 3.63) is 113 Å². The third kappa shape index (κ3) is 5.46. The van der Waals surface area contributed by atoms with Crippen LogP contribution in [-0.2, 0) is 17.8 Å². The van der Waals surface area contributed by atoms with Gasteiger partial charge in [-0.25, -0.2) is 0 Å². The number of ether oxygens (including phenoxy) is 2. The Bertz CT molecular complexity index is 1210. The van der Waals surface area contributed by atoms with E-state index in [1.165, 1.54) is 0 Å². The fourth-order valence-corrected chi connectivity index (χ4v) is 3.86. The number of carbonyl (C=O) groups excluding carboxylic acids is 1. The number of aromatic nitrogens is 1. The lowest BCUT2D eigenvalue weighted by Crippen LogP contribution is -2.30. The van der Waals surface area contributed by atoms with Crippen molar-refractivity contribution < 1.29 is 18.8 Å². The van der Waals surface area contributed by atoms with Crippen LogP contribution in [0.25, 0.3) is 0 Å². The zero-order valence-corrected chi connectivity index (χ0v) is 19.6. The fourth-order valence-electron chi connectivity index (χ4n) is 3.86. The van der Waals surface area contributed by atoms with Crippen LogP contribution in [0, 0.1) is 13.8 Å². The highest BCUT2D eigenvalue weighted by molar-refractivity contribution is 5.79. The Kier molecular flexibility index (Phi) is 7.28. The lowest BCUT2D eigenvalue weighted by Gasteiger charge is -2.22. The molecular formula is C28H28N2O4. The second-order valence-electron chi connectivity index (χ2n) is 8.07. The van der Waals surface area contributed by atoms with Crippen molar-refractivity contribution in [2.24, 2.45) is 0 Å². The number of methoxy groups -OCH3 is 1. The zero-order valence-electron chi connectivity index (χ0n) is 19.6. The summed E-state index contributed by atoms with van der Waals surface area (Å²) in [6.07, 6.45) is 0.253. The summed E-state index contributed by atoms with van der Waals surface area (Å²) < 4.78 is 16.6. The molecule has 1 aromatic heterocycles. The molecule has 1 N–H and O–H groups in total. The predicted octanol–water partition coefficient (Wildman–Crippen LogP) is 5.33. The molecule has 34 heavy (non-hydrogen) atoms. The third-order valence-corrected chi connectivity index (χ3v) is 5.74. The smallest absolute Gasteiger partial charge is 0.225 e. The van der Waals surface area contributed by atoms with Gasteiger partial charge in [0, 0.05) is 5.56 Å². The summed E-state index contributed by atoms with van der Waals surface area (Å²) in [6.45, 7) is 4.15. The number of nitrogens with one attached hydrogen (secondary N) is 1. The molecule has 6 nitrogen and oxygen atoms in total. The van der Waals surface area contributed by atoms with Crippen molar-refractivity contribution >= 4 is 5.91 Å². The van der Waals surface area contributed by atoms with E-state index in [-0.39, 0.29) is 18.4 Å². The minimum atomic E-state index is -0.317. The molecule has 1 atom stereocenters. The second-order valence-corrected chi connectivity index (χ2v) is 8.07. The van der Waals surface area contributed by atoms with Gasteiger partial charge in [-0.2, -0.15) is 0 Å². The molecule has 0 bridgehead atoms. The predicted molar refractivity (Wildman–Crippen MR) is 130 cm³/mol. The summed E-state index contributed by atoms with van der Waals surface area (Å²) in [5, 5.41) is 7.12. The molecule has 1 unspecified atom stereocenters. The maximum atomic E-state index is 13.0. The molecule has 174 valence electrons. The maximum Gasteiger partial charge on any atom is 0.225 e. The molecule has 0 fully saturated rings. The van der Waals surface area contributed by atoms with E-state index in [9.17, 15) is 4.79 Å². The standard InChI is InChI=1S/C28H28N2O4/c1-19-25(20(2)34-30-19)18-33-23-15-13-21(14-16-23)17-27(31)29-28(22-9-5-4-6-10-22)24-11-7-8-12-26(24)32-3/h4-16,28H,17-18H2,1-3H3,(H,29,31). The molecule has 4 rings (SSSR count). The maximum absolute atomic E-state index is 13.0. The summed E-state index contributed by atoms with van der Waals surface area (Å²) in [6, 6.07) is 24.9. The number of benzene rings is 3. The molecule has 4 aromatic rings. The Morgan fingerprint density at radius 2 is 1.68 bits per heavy atom. The largest absolute Gasteiger partial charge is 0.496 e. The molecule has 0 spiro atoms. The number of hydrogen-bond acceptors (Lipinski definition) is 5. The minimum absolute atomic E-state index is 0.0795. The highest BCUT2D eigenvalue weighted by Gasteiger charge is 2.20.